The Morgan fingerprint density at radius 2 is 1.66 bits per heavy atom. The Morgan fingerprint density at radius 1 is 1.03 bits per heavy atom. The van der Waals surface area contributed by atoms with Gasteiger partial charge in [-0.2, -0.15) is 0 Å². The molecule has 1 saturated heterocycles. The average molecular weight is 481 g/mol. The van der Waals surface area contributed by atoms with Gasteiger partial charge in [0.05, 0.1) is 18.6 Å². The van der Waals surface area contributed by atoms with Crippen molar-refractivity contribution in [1.29, 1.82) is 0 Å². The van der Waals surface area contributed by atoms with Crippen LogP contribution in [0.4, 0.5) is 4.79 Å². The van der Waals surface area contributed by atoms with Gasteiger partial charge in [-0.25, -0.2) is 4.79 Å². The van der Waals surface area contributed by atoms with Crippen LogP contribution in [0, 0.1) is 11.3 Å². The maximum atomic E-state index is 12.4. The van der Waals surface area contributed by atoms with Gasteiger partial charge in [0.15, 0.2) is 0 Å². The fourth-order valence-electron chi connectivity index (χ4n) is 4.77. The van der Waals surface area contributed by atoms with Gasteiger partial charge in [-0.05, 0) is 34.1 Å². The van der Waals surface area contributed by atoms with Crippen molar-refractivity contribution in [2.24, 2.45) is 11.3 Å². The van der Waals surface area contributed by atoms with Crippen LogP contribution in [0.25, 0.3) is 11.1 Å². The van der Waals surface area contributed by atoms with Gasteiger partial charge in [0, 0.05) is 25.4 Å². The third-order valence-electron chi connectivity index (χ3n) is 6.65. The highest BCUT2D eigenvalue weighted by molar-refractivity contribution is 5.79. The normalized spacial score (nSPS) is 19.0. The molecule has 0 aromatic heterocycles. The molecule has 3 N–H and O–H groups in total. The average Bonchev–Trinajstić information content (AvgIpc) is 3.43. The van der Waals surface area contributed by atoms with Crippen LogP contribution < -0.4 is 10.6 Å². The van der Waals surface area contributed by atoms with Crippen LogP contribution in [0.1, 0.15) is 43.7 Å². The maximum absolute atomic E-state index is 12.4. The SMILES string of the molecule is CC(C)(CNC(=O)OCC1c2ccccc2-c2ccccc21)CC(=O)NCC1CC(C(=O)O)CO1. The number of carbonyl (C=O) groups is 3. The molecule has 35 heavy (non-hydrogen) atoms. The van der Waals surface area contributed by atoms with E-state index in [1.54, 1.807) is 0 Å². The van der Waals surface area contributed by atoms with Crippen molar-refractivity contribution < 1.29 is 29.0 Å². The van der Waals surface area contributed by atoms with Crippen LogP contribution in [0.15, 0.2) is 48.5 Å². The van der Waals surface area contributed by atoms with Crippen molar-refractivity contribution in [2.45, 2.75) is 38.7 Å². The third kappa shape index (κ3) is 6.00. The molecule has 0 saturated carbocycles. The molecule has 8 heteroatoms. The van der Waals surface area contributed by atoms with E-state index >= 15 is 0 Å². The second-order valence-electron chi connectivity index (χ2n) is 10.1. The number of hydrogen-bond acceptors (Lipinski definition) is 5. The summed E-state index contributed by atoms with van der Waals surface area (Å²) in [4.78, 5) is 35.8. The van der Waals surface area contributed by atoms with E-state index < -0.39 is 23.4 Å². The van der Waals surface area contributed by atoms with Crippen LogP contribution in [0.2, 0.25) is 0 Å². The second-order valence-corrected chi connectivity index (χ2v) is 10.1. The van der Waals surface area contributed by atoms with Gasteiger partial charge in [0.1, 0.15) is 6.61 Å². The molecule has 2 atom stereocenters. The van der Waals surface area contributed by atoms with Crippen molar-refractivity contribution in [3.8, 4) is 11.1 Å². The molecule has 2 aliphatic rings. The first-order valence-corrected chi connectivity index (χ1v) is 11.9. The molecule has 1 aliphatic carbocycles. The number of carbonyl (C=O) groups excluding carboxylic acids is 2. The van der Waals surface area contributed by atoms with Crippen LogP contribution in [-0.4, -0.2) is 55.5 Å². The van der Waals surface area contributed by atoms with Crippen LogP contribution in [0.3, 0.4) is 0 Å². The molecule has 4 rings (SSSR count). The van der Waals surface area contributed by atoms with E-state index in [1.165, 1.54) is 11.1 Å². The zero-order valence-electron chi connectivity index (χ0n) is 20.1. The van der Waals surface area contributed by atoms with Crippen molar-refractivity contribution in [1.82, 2.24) is 10.6 Å². The Kier molecular flexibility index (Phi) is 7.40. The summed E-state index contributed by atoms with van der Waals surface area (Å²) < 4.78 is 11.0. The van der Waals surface area contributed by atoms with Gasteiger partial charge in [-0.3, -0.25) is 9.59 Å². The van der Waals surface area contributed by atoms with E-state index in [0.717, 1.165) is 11.1 Å². The molecule has 1 heterocycles. The first-order valence-electron chi connectivity index (χ1n) is 11.9. The van der Waals surface area contributed by atoms with Crippen molar-refractivity contribution in [3.63, 3.8) is 0 Å². The number of carboxylic acids is 1. The van der Waals surface area contributed by atoms with Gasteiger partial charge in [0.2, 0.25) is 5.91 Å². The van der Waals surface area contributed by atoms with Crippen LogP contribution >= 0.6 is 0 Å². The highest BCUT2D eigenvalue weighted by atomic mass is 16.5. The molecule has 2 aromatic rings. The minimum Gasteiger partial charge on any atom is -0.481 e. The molecule has 0 spiro atoms. The van der Waals surface area contributed by atoms with Crippen molar-refractivity contribution >= 4 is 18.0 Å². The summed E-state index contributed by atoms with van der Waals surface area (Å²) in [6.45, 7) is 4.74. The summed E-state index contributed by atoms with van der Waals surface area (Å²) in [5, 5.41) is 14.6. The molecule has 8 nitrogen and oxygen atoms in total. The Balaban J connectivity index is 1.21. The summed E-state index contributed by atoms with van der Waals surface area (Å²) in [5.74, 6) is -1.58. The summed E-state index contributed by atoms with van der Waals surface area (Å²) in [6, 6.07) is 16.3. The largest absolute Gasteiger partial charge is 0.481 e. The number of ether oxygens (including phenoxy) is 2. The fourth-order valence-corrected chi connectivity index (χ4v) is 4.77. The number of amides is 2. The van der Waals surface area contributed by atoms with E-state index in [9.17, 15) is 14.4 Å². The number of hydrogen-bond donors (Lipinski definition) is 3. The van der Waals surface area contributed by atoms with Gasteiger partial charge in [-0.15, -0.1) is 0 Å². The molecular formula is C27H32N2O6. The second kappa shape index (κ2) is 10.5. The molecule has 0 radical (unpaired) electrons. The number of nitrogens with one attached hydrogen (secondary N) is 2. The first kappa shape index (κ1) is 24.7. The van der Waals surface area contributed by atoms with E-state index in [0.29, 0.717) is 6.42 Å². The molecule has 1 fully saturated rings. The highest BCUT2D eigenvalue weighted by Gasteiger charge is 2.32. The zero-order chi connectivity index (χ0) is 25.0. The topological polar surface area (TPSA) is 114 Å². The number of alkyl carbamates (subject to hydrolysis) is 1. The quantitative estimate of drug-likeness (QED) is 0.506. The Morgan fingerprint density at radius 3 is 2.26 bits per heavy atom. The smallest absolute Gasteiger partial charge is 0.407 e. The zero-order valence-corrected chi connectivity index (χ0v) is 20.1. The monoisotopic (exact) mass is 480 g/mol. The Labute approximate surface area is 205 Å². The Hall–Kier alpha value is -3.39. The third-order valence-corrected chi connectivity index (χ3v) is 6.65. The fraction of sp³-hybridized carbons (Fsp3) is 0.444. The standard InChI is InChI=1S/C27H32N2O6/c1-27(2,12-24(30)28-13-18-11-17(14-34-18)25(31)32)16-29-26(33)35-15-23-21-9-5-3-7-19(21)20-8-4-6-10-22(20)23/h3-10,17-18,23H,11-16H2,1-2H3,(H,28,30)(H,29,33)(H,31,32). The Bertz CT molecular complexity index is 1050. The van der Waals surface area contributed by atoms with Crippen LogP contribution in [-0.2, 0) is 19.1 Å². The van der Waals surface area contributed by atoms with E-state index in [-0.39, 0.29) is 50.7 Å². The lowest BCUT2D eigenvalue weighted by atomic mass is 9.89. The van der Waals surface area contributed by atoms with Gasteiger partial charge >= 0.3 is 12.1 Å². The maximum Gasteiger partial charge on any atom is 0.407 e. The van der Waals surface area contributed by atoms with Crippen LogP contribution in [0.5, 0.6) is 0 Å². The number of aliphatic carboxylic acids is 1. The first-order chi connectivity index (χ1) is 16.7. The number of carboxylic acid groups (broad SMARTS) is 1. The number of rotatable bonds is 9. The molecule has 1 aliphatic heterocycles. The minimum absolute atomic E-state index is 0.00883. The number of benzene rings is 2. The summed E-state index contributed by atoms with van der Waals surface area (Å²) >= 11 is 0. The molecule has 2 unspecified atom stereocenters. The predicted molar refractivity (Wildman–Crippen MR) is 130 cm³/mol. The highest BCUT2D eigenvalue weighted by Crippen LogP contribution is 2.44. The lowest BCUT2D eigenvalue weighted by Crippen LogP contribution is -2.40. The predicted octanol–water partition coefficient (Wildman–Crippen LogP) is 3.55. The van der Waals surface area contributed by atoms with E-state index in [1.807, 2.05) is 38.1 Å². The van der Waals surface area contributed by atoms with E-state index in [2.05, 4.69) is 34.9 Å². The van der Waals surface area contributed by atoms with Gasteiger partial charge in [0.25, 0.3) is 0 Å². The van der Waals surface area contributed by atoms with Gasteiger partial charge in [-0.1, -0.05) is 62.4 Å². The molecule has 2 amide bonds. The molecular weight excluding hydrogens is 448 g/mol. The number of fused-ring (bicyclic) bond motifs is 3. The van der Waals surface area contributed by atoms with Crippen molar-refractivity contribution in [3.05, 3.63) is 59.7 Å². The summed E-state index contributed by atoms with van der Waals surface area (Å²) in [5.41, 5.74) is 4.16. The lowest BCUT2D eigenvalue weighted by Gasteiger charge is -2.25. The molecule has 2 aromatic carbocycles. The minimum atomic E-state index is -0.876. The van der Waals surface area contributed by atoms with E-state index in [4.69, 9.17) is 14.6 Å². The molecule has 0 bridgehead atoms. The van der Waals surface area contributed by atoms with Crippen molar-refractivity contribution in [2.75, 3.05) is 26.3 Å². The van der Waals surface area contributed by atoms with Gasteiger partial charge < -0.3 is 25.2 Å². The summed E-state index contributed by atoms with van der Waals surface area (Å²) in [7, 11) is 0. The summed E-state index contributed by atoms with van der Waals surface area (Å²) in [6.07, 6.45) is -0.213. The lowest BCUT2D eigenvalue weighted by molar-refractivity contribution is -0.141. The molecule has 186 valence electrons.